The van der Waals surface area contributed by atoms with Crippen molar-refractivity contribution >= 4 is 5.91 Å². The largest absolute Gasteiger partial charge is 0.490 e. The predicted octanol–water partition coefficient (Wildman–Crippen LogP) is 1.34. The van der Waals surface area contributed by atoms with Gasteiger partial charge in [-0.3, -0.25) is 4.79 Å². The molecule has 0 unspecified atom stereocenters. The number of carbonyl (C=O) groups is 1. The summed E-state index contributed by atoms with van der Waals surface area (Å²) in [6.45, 7) is 2.86. The third-order valence-electron chi connectivity index (χ3n) is 4.02. The molecule has 1 amide bonds. The molecule has 3 rings (SSSR count). The van der Waals surface area contributed by atoms with Crippen LogP contribution in [-0.2, 0) is 11.2 Å². The number of nitrogens with zero attached hydrogens (tertiary/aromatic N) is 1. The number of nitrogens with two attached hydrogens (primary N) is 1. The van der Waals surface area contributed by atoms with Gasteiger partial charge in [0.05, 0.1) is 13.2 Å². The second-order valence-electron chi connectivity index (χ2n) is 5.72. The fourth-order valence-electron chi connectivity index (χ4n) is 2.79. The van der Waals surface area contributed by atoms with Crippen molar-refractivity contribution < 1.29 is 14.3 Å². The number of aryl methyl sites for hydroxylation is 1. The van der Waals surface area contributed by atoms with E-state index in [4.69, 9.17) is 15.2 Å². The summed E-state index contributed by atoms with van der Waals surface area (Å²) in [7, 11) is 0. The molecule has 0 spiro atoms. The molecule has 1 saturated heterocycles. The topological polar surface area (TPSA) is 64.8 Å². The van der Waals surface area contributed by atoms with Gasteiger partial charge in [0, 0.05) is 32.0 Å². The van der Waals surface area contributed by atoms with Crippen molar-refractivity contribution in [1.29, 1.82) is 0 Å². The summed E-state index contributed by atoms with van der Waals surface area (Å²) in [5, 5.41) is 0. The van der Waals surface area contributed by atoms with Crippen LogP contribution in [0.15, 0.2) is 18.2 Å². The van der Waals surface area contributed by atoms with Gasteiger partial charge in [0.1, 0.15) is 0 Å². The molecule has 1 aromatic carbocycles. The third kappa shape index (κ3) is 3.47. The first-order valence-electron chi connectivity index (χ1n) is 7.64. The maximum atomic E-state index is 12.1. The van der Waals surface area contributed by atoms with E-state index in [0.717, 1.165) is 42.9 Å². The fraction of sp³-hybridized carbons (Fsp3) is 0.562. The van der Waals surface area contributed by atoms with E-state index >= 15 is 0 Å². The SMILES string of the molecule is N[C@H]1CCN(C(=O)CCc2ccc3c(c2)OCCCO3)C1. The molecule has 0 bridgehead atoms. The minimum atomic E-state index is 0.145. The molecule has 1 atom stereocenters. The maximum Gasteiger partial charge on any atom is 0.222 e. The monoisotopic (exact) mass is 290 g/mol. The first-order chi connectivity index (χ1) is 10.2. The summed E-state index contributed by atoms with van der Waals surface area (Å²) in [5.74, 6) is 1.78. The number of rotatable bonds is 3. The van der Waals surface area contributed by atoms with Crippen molar-refractivity contribution in [1.82, 2.24) is 4.90 Å². The van der Waals surface area contributed by atoms with E-state index in [1.165, 1.54) is 0 Å². The molecule has 2 heterocycles. The number of fused-ring (bicyclic) bond motifs is 1. The summed E-state index contributed by atoms with van der Waals surface area (Å²) >= 11 is 0. The fourth-order valence-corrected chi connectivity index (χ4v) is 2.79. The van der Waals surface area contributed by atoms with Crippen LogP contribution in [0, 0.1) is 0 Å². The lowest BCUT2D eigenvalue weighted by Gasteiger charge is -2.16. The second kappa shape index (κ2) is 6.35. The average molecular weight is 290 g/mol. The first-order valence-corrected chi connectivity index (χ1v) is 7.64. The summed E-state index contributed by atoms with van der Waals surface area (Å²) < 4.78 is 11.3. The molecule has 5 nitrogen and oxygen atoms in total. The minimum absolute atomic E-state index is 0.145. The van der Waals surface area contributed by atoms with Crippen LogP contribution in [0.4, 0.5) is 0 Å². The van der Waals surface area contributed by atoms with Crippen molar-refractivity contribution in [3.05, 3.63) is 23.8 Å². The number of benzene rings is 1. The van der Waals surface area contributed by atoms with E-state index in [-0.39, 0.29) is 11.9 Å². The standard InChI is InChI=1S/C16H22N2O3/c17-13-6-7-18(11-13)16(19)5-3-12-2-4-14-15(10-12)21-9-1-8-20-14/h2,4,10,13H,1,3,5-9,11,17H2/t13-/m0/s1. The Hall–Kier alpha value is -1.75. The molecule has 21 heavy (non-hydrogen) atoms. The Kier molecular flexibility index (Phi) is 4.29. The third-order valence-corrected chi connectivity index (χ3v) is 4.02. The first kappa shape index (κ1) is 14.2. The number of amides is 1. The molecule has 1 aromatic rings. The van der Waals surface area contributed by atoms with Crippen LogP contribution in [0.3, 0.4) is 0 Å². The van der Waals surface area contributed by atoms with Crippen LogP contribution in [0.1, 0.15) is 24.8 Å². The molecule has 0 radical (unpaired) electrons. The van der Waals surface area contributed by atoms with E-state index in [1.807, 2.05) is 23.1 Å². The molecule has 114 valence electrons. The van der Waals surface area contributed by atoms with Gasteiger partial charge in [-0.2, -0.15) is 0 Å². The number of hydrogen-bond donors (Lipinski definition) is 1. The molecular weight excluding hydrogens is 268 g/mol. The zero-order valence-electron chi connectivity index (χ0n) is 12.2. The molecule has 2 aliphatic heterocycles. The average Bonchev–Trinajstić information content (AvgIpc) is 2.79. The Balaban J connectivity index is 1.58. The predicted molar refractivity (Wildman–Crippen MR) is 79.5 cm³/mol. The highest BCUT2D eigenvalue weighted by atomic mass is 16.5. The Morgan fingerprint density at radius 1 is 1.29 bits per heavy atom. The number of carbonyl (C=O) groups excluding carboxylic acids is 1. The Labute approximate surface area is 125 Å². The summed E-state index contributed by atoms with van der Waals surface area (Å²) in [5.41, 5.74) is 6.94. The maximum absolute atomic E-state index is 12.1. The number of hydrogen-bond acceptors (Lipinski definition) is 4. The van der Waals surface area contributed by atoms with Crippen molar-refractivity contribution in [3.63, 3.8) is 0 Å². The van der Waals surface area contributed by atoms with Crippen LogP contribution < -0.4 is 15.2 Å². The summed E-state index contributed by atoms with van der Waals surface area (Å²) in [6.07, 6.45) is 3.06. The minimum Gasteiger partial charge on any atom is -0.490 e. The number of ether oxygens (including phenoxy) is 2. The van der Waals surface area contributed by atoms with E-state index < -0.39 is 0 Å². The number of likely N-dealkylation sites (tertiary alicyclic amines) is 1. The van der Waals surface area contributed by atoms with Gasteiger partial charge in [0.2, 0.25) is 5.91 Å². The second-order valence-corrected chi connectivity index (χ2v) is 5.72. The van der Waals surface area contributed by atoms with E-state index in [9.17, 15) is 4.79 Å². The van der Waals surface area contributed by atoms with Crippen LogP contribution in [0.5, 0.6) is 11.5 Å². The van der Waals surface area contributed by atoms with Crippen molar-refractivity contribution in [2.45, 2.75) is 31.7 Å². The van der Waals surface area contributed by atoms with Crippen LogP contribution in [0.25, 0.3) is 0 Å². The Morgan fingerprint density at radius 3 is 2.86 bits per heavy atom. The van der Waals surface area contributed by atoms with Gasteiger partial charge in [-0.05, 0) is 30.5 Å². The van der Waals surface area contributed by atoms with Crippen LogP contribution in [0.2, 0.25) is 0 Å². The highest BCUT2D eigenvalue weighted by Gasteiger charge is 2.23. The molecular formula is C16H22N2O3. The Morgan fingerprint density at radius 2 is 2.10 bits per heavy atom. The molecule has 0 aromatic heterocycles. The van der Waals surface area contributed by atoms with E-state index in [0.29, 0.717) is 26.2 Å². The highest BCUT2D eigenvalue weighted by molar-refractivity contribution is 5.76. The van der Waals surface area contributed by atoms with Crippen molar-refractivity contribution in [3.8, 4) is 11.5 Å². The quantitative estimate of drug-likeness (QED) is 0.912. The lowest BCUT2D eigenvalue weighted by molar-refractivity contribution is -0.130. The molecule has 0 saturated carbocycles. The zero-order chi connectivity index (χ0) is 14.7. The summed E-state index contributed by atoms with van der Waals surface area (Å²) in [4.78, 5) is 14.0. The van der Waals surface area contributed by atoms with Gasteiger partial charge in [-0.25, -0.2) is 0 Å². The van der Waals surface area contributed by atoms with Gasteiger partial charge in [0.15, 0.2) is 11.5 Å². The molecule has 1 fully saturated rings. The van der Waals surface area contributed by atoms with Crippen LogP contribution in [-0.4, -0.2) is 43.2 Å². The lowest BCUT2D eigenvalue weighted by atomic mass is 10.1. The van der Waals surface area contributed by atoms with Crippen molar-refractivity contribution in [2.24, 2.45) is 5.73 Å². The van der Waals surface area contributed by atoms with Crippen molar-refractivity contribution in [2.75, 3.05) is 26.3 Å². The molecule has 2 N–H and O–H groups in total. The normalized spacial score (nSPS) is 21.2. The smallest absolute Gasteiger partial charge is 0.222 e. The van der Waals surface area contributed by atoms with Gasteiger partial charge in [-0.15, -0.1) is 0 Å². The highest BCUT2D eigenvalue weighted by Crippen LogP contribution is 2.30. The van der Waals surface area contributed by atoms with Gasteiger partial charge < -0.3 is 20.1 Å². The molecule has 2 aliphatic rings. The van der Waals surface area contributed by atoms with Crippen LogP contribution >= 0.6 is 0 Å². The molecule has 5 heteroatoms. The lowest BCUT2D eigenvalue weighted by Crippen LogP contribution is -2.31. The zero-order valence-corrected chi connectivity index (χ0v) is 12.2. The van der Waals surface area contributed by atoms with Gasteiger partial charge in [-0.1, -0.05) is 6.07 Å². The molecule has 0 aliphatic carbocycles. The van der Waals surface area contributed by atoms with Gasteiger partial charge in [0.25, 0.3) is 0 Å². The van der Waals surface area contributed by atoms with E-state index in [1.54, 1.807) is 0 Å². The van der Waals surface area contributed by atoms with Gasteiger partial charge >= 0.3 is 0 Å². The van der Waals surface area contributed by atoms with E-state index in [2.05, 4.69) is 0 Å². The summed E-state index contributed by atoms with van der Waals surface area (Å²) in [6, 6.07) is 6.08. The Bertz CT molecular complexity index is 518.